The fourth-order valence-corrected chi connectivity index (χ4v) is 1.25. The van der Waals surface area contributed by atoms with Crippen LogP contribution >= 0.6 is 0 Å². The van der Waals surface area contributed by atoms with E-state index in [0.29, 0.717) is 19.0 Å². The average molecular weight is 238 g/mol. The zero-order valence-corrected chi connectivity index (χ0v) is 10.1. The van der Waals surface area contributed by atoms with Gasteiger partial charge >= 0.3 is 0 Å². The number of hydrogen-bond acceptors (Lipinski definition) is 5. The topological polar surface area (TPSA) is 92.8 Å². The Kier molecular flexibility index (Phi) is 5.22. The zero-order chi connectivity index (χ0) is 12.7. The highest BCUT2D eigenvalue weighted by molar-refractivity contribution is 5.81. The lowest BCUT2D eigenvalue weighted by molar-refractivity contribution is 0.229. The SMILES string of the molecule is CC(C)Oc1ncccc1CNCC(N)=NO. The molecular formula is C11H18N4O2. The van der Waals surface area contributed by atoms with Crippen LogP contribution in [0, 0.1) is 0 Å². The molecule has 94 valence electrons. The second-order valence-corrected chi connectivity index (χ2v) is 3.83. The summed E-state index contributed by atoms with van der Waals surface area (Å²) < 4.78 is 5.57. The summed E-state index contributed by atoms with van der Waals surface area (Å²) in [5.74, 6) is 0.745. The molecule has 0 aliphatic carbocycles. The van der Waals surface area contributed by atoms with E-state index in [0.717, 1.165) is 5.56 Å². The Labute approximate surface area is 100 Å². The molecule has 0 saturated carbocycles. The van der Waals surface area contributed by atoms with Gasteiger partial charge in [-0.15, -0.1) is 0 Å². The first-order valence-corrected chi connectivity index (χ1v) is 5.41. The molecule has 0 unspecified atom stereocenters. The van der Waals surface area contributed by atoms with Crippen molar-refractivity contribution in [2.45, 2.75) is 26.5 Å². The lowest BCUT2D eigenvalue weighted by Crippen LogP contribution is -2.28. The smallest absolute Gasteiger partial charge is 0.218 e. The Morgan fingerprint density at radius 3 is 3.06 bits per heavy atom. The van der Waals surface area contributed by atoms with Gasteiger partial charge in [0.15, 0.2) is 5.84 Å². The molecular weight excluding hydrogens is 220 g/mol. The van der Waals surface area contributed by atoms with Crippen LogP contribution in [0.2, 0.25) is 0 Å². The molecule has 1 aromatic heterocycles. The van der Waals surface area contributed by atoms with Gasteiger partial charge in [0.25, 0.3) is 0 Å². The van der Waals surface area contributed by atoms with E-state index in [-0.39, 0.29) is 11.9 Å². The number of nitrogens with zero attached hydrogens (tertiary/aromatic N) is 2. The molecule has 1 aromatic rings. The molecule has 6 heteroatoms. The standard InChI is InChI=1S/C11H18N4O2/c1-8(2)17-11-9(4-3-5-14-11)6-13-7-10(12)15-16/h3-5,8,13,16H,6-7H2,1-2H3,(H2,12,15). The molecule has 0 fully saturated rings. The highest BCUT2D eigenvalue weighted by Gasteiger charge is 2.06. The summed E-state index contributed by atoms with van der Waals surface area (Å²) in [7, 11) is 0. The Morgan fingerprint density at radius 1 is 1.65 bits per heavy atom. The van der Waals surface area contributed by atoms with Crippen molar-refractivity contribution in [3.05, 3.63) is 23.9 Å². The van der Waals surface area contributed by atoms with Gasteiger partial charge in [0, 0.05) is 18.3 Å². The van der Waals surface area contributed by atoms with Crippen LogP contribution in [0.25, 0.3) is 0 Å². The first-order valence-electron chi connectivity index (χ1n) is 5.41. The van der Waals surface area contributed by atoms with Crippen LogP contribution in [0.5, 0.6) is 5.88 Å². The molecule has 1 rings (SSSR count). The zero-order valence-electron chi connectivity index (χ0n) is 10.1. The summed E-state index contributed by atoms with van der Waals surface area (Å²) in [4.78, 5) is 4.16. The highest BCUT2D eigenvalue weighted by atomic mass is 16.5. The molecule has 0 aliphatic rings. The lowest BCUT2D eigenvalue weighted by Gasteiger charge is -2.13. The van der Waals surface area contributed by atoms with Crippen LogP contribution < -0.4 is 15.8 Å². The Hall–Kier alpha value is -1.82. The summed E-state index contributed by atoms with van der Waals surface area (Å²) in [6, 6.07) is 3.76. The molecule has 0 aromatic carbocycles. The highest BCUT2D eigenvalue weighted by Crippen LogP contribution is 2.15. The maximum atomic E-state index is 8.39. The van der Waals surface area contributed by atoms with Gasteiger partial charge in [-0.2, -0.15) is 0 Å². The largest absolute Gasteiger partial charge is 0.475 e. The molecule has 0 radical (unpaired) electrons. The van der Waals surface area contributed by atoms with E-state index in [2.05, 4.69) is 15.5 Å². The molecule has 0 spiro atoms. The minimum Gasteiger partial charge on any atom is -0.475 e. The summed E-state index contributed by atoms with van der Waals surface area (Å²) in [6.45, 7) is 4.75. The Bertz CT molecular complexity index is 379. The second kappa shape index (κ2) is 6.70. The summed E-state index contributed by atoms with van der Waals surface area (Å²) >= 11 is 0. The first-order chi connectivity index (χ1) is 8.13. The molecule has 0 atom stereocenters. The number of amidine groups is 1. The number of nitrogens with two attached hydrogens (primary N) is 1. The molecule has 0 aliphatic heterocycles. The van der Waals surface area contributed by atoms with E-state index in [9.17, 15) is 0 Å². The van der Waals surface area contributed by atoms with Crippen molar-refractivity contribution >= 4 is 5.84 Å². The third kappa shape index (κ3) is 4.69. The summed E-state index contributed by atoms with van der Waals surface area (Å²) in [6.07, 6.45) is 1.76. The average Bonchev–Trinajstić information content (AvgIpc) is 2.30. The van der Waals surface area contributed by atoms with E-state index < -0.39 is 0 Å². The number of oxime groups is 1. The van der Waals surface area contributed by atoms with Crippen molar-refractivity contribution in [3.8, 4) is 5.88 Å². The minimum absolute atomic E-state index is 0.0766. The second-order valence-electron chi connectivity index (χ2n) is 3.83. The normalized spacial score (nSPS) is 11.8. The van der Waals surface area contributed by atoms with Gasteiger partial charge in [0.1, 0.15) is 0 Å². The van der Waals surface area contributed by atoms with Crippen LogP contribution in [0.3, 0.4) is 0 Å². The quantitative estimate of drug-likeness (QED) is 0.294. The van der Waals surface area contributed by atoms with Crippen LogP contribution in [0.4, 0.5) is 0 Å². The third-order valence-electron chi connectivity index (χ3n) is 1.95. The van der Waals surface area contributed by atoms with Gasteiger partial charge < -0.3 is 21.0 Å². The van der Waals surface area contributed by atoms with Crippen molar-refractivity contribution in [2.75, 3.05) is 6.54 Å². The molecule has 0 saturated heterocycles. The van der Waals surface area contributed by atoms with Crippen molar-refractivity contribution in [1.82, 2.24) is 10.3 Å². The fraction of sp³-hybridized carbons (Fsp3) is 0.455. The van der Waals surface area contributed by atoms with Gasteiger partial charge in [-0.1, -0.05) is 11.2 Å². The lowest BCUT2D eigenvalue weighted by atomic mass is 10.2. The number of pyridine rings is 1. The first kappa shape index (κ1) is 13.2. The Morgan fingerprint density at radius 2 is 2.41 bits per heavy atom. The molecule has 0 bridgehead atoms. The monoisotopic (exact) mass is 238 g/mol. The molecule has 17 heavy (non-hydrogen) atoms. The summed E-state index contributed by atoms with van der Waals surface area (Å²) in [5, 5.41) is 14.3. The van der Waals surface area contributed by atoms with E-state index >= 15 is 0 Å². The van der Waals surface area contributed by atoms with Crippen molar-refractivity contribution in [3.63, 3.8) is 0 Å². The summed E-state index contributed by atoms with van der Waals surface area (Å²) in [5.41, 5.74) is 6.28. The van der Waals surface area contributed by atoms with Gasteiger partial charge in [-0.05, 0) is 19.9 Å². The van der Waals surface area contributed by atoms with E-state index in [1.165, 1.54) is 0 Å². The molecule has 0 amide bonds. The predicted octanol–water partition coefficient (Wildman–Crippen LogP) is 0.705. The van der Waals surface area contributed by atoms with Crippen LogP contribution in [0.1, 0.15) is 19.4 Å². The third-order valence-corrected chi connectivity index (χ3v) is 1.95. The number of nitrogens with one attached hydrogen (secondary N) is 1. The Balaban J connectivity index is 2.57. The van der Waals surface area contributed by atoms with Gasteiger partial charge in [0.05, 0.1) is 12.6 Å². The van der Waals surface area contributed by atoms with E-state index in [1.807, 2.05) is 26.0 Å². The maximum Gasteiger partial charge on any atom is 0.218 e. The number of ether oxygens (including phenoxy) is 1. The van der Waals surface area contributed by atoms with Gasteiger partial charge in [-0.3, -0.25) is 0 Å². The van der Waals surface area contributed by atoms with E-state index in [4.69, 9.17) is 15.7 Å². The van der Waals surface area contributed by atoms with Crippen LogP contribution in [-0.4, -0.2) is 28.7 Å². The van der Waals surface area contributed by atoms with Gasteiger partial charge in [-0.25, -0.2) is 4.98 Å². The molecule has 1 heterocycles. The van der Waals surface area contributed by atoms with Gasteiger partial charge in [0.2, 0.25) is 5.88 Å². The van der Waals surface area contributed by atoms with Crippen molar-refractivity contribution < 1.29 is 9.94 Å². The van der Waals surface area contributed by atoms with E-state index in [1.54, 1.807) is 6.20 Å². The number of rotatable bonds is 6. The van der Waals surface area contributed by atoms with Crippen molar-refractivity contribution in [1.29, 1.82) is 0 Å². The predicted molar refractivity (Wildman–Crippen MR) is 65.1 cm³/mol. The van der Waals surface area contributed by atoms with Crippen molar-refractivity contribution in [2.24, 2.45) is 10.9 Å². The number of hydrogen-bond donors (Lipinski definition) is 3. The fourth-order valence-electron chi connectivity index (χ4n) is 1.25. The molecule has 4 N–H and O–H groups in total. The van der Waals surface area contributed by atoms with Crippen LogP contribution in [0.15, 0.2) is 23.5 Å². The maximum absolute atomic E-state index is 8.39. The minimum atomic E-state index is 0.0766. The molecule has 6 nitrogen and oxygen atoms in total. The number of aromatic nitrogens is 1. The van der Waals surface area contributed by atoms with Crippen LogP contribution in [-0.2, 0) is 6.54 Å².